The molecule has 1 aliphatic heterocycles. The fraction of sp³-hybridized carbons (Fsp3) is 0.318. The number of hydrogen-bond acceptors (Lipinski definition) is 5. The topological polar surface area (TPSA) is 69.7 Å². The van der Waals surface area contributed by atoms with E-state index in [9.17, 15) is 14.4 Å². The Morgan fingerprint density at radius 3 is 2.07 bits per heavy atom. The minimum absolute atomic E-state index is 0.0626. The van der Waals surface area contributed by atoms with Crippen molar-refractivity contribution in [2.75, 3.05) is 7.11 Å². The summed E-state index contributed by atoms with van der Waals surface area (Å²) in [6.45, 7) is 1.87. The van der Waals surface area contributed by atoms with Gasteiger partial charge in [0.15, 0.2) is 0 Å². The first kappa shape index (κ1) is 20.4. The van der Waals surface area contributed by atoms with E-state index in [-0.39, 0.29) is 30.2 Å². The lowest BCUT2D eigenvalue weighted by atomic mass is 9.98. The lowest BCUT2D eigenvalue weighted by Gasteiger charge is -2.08. The van der Waals surface area contributed by atoms with Crippen molar-refractivity contribution in [3.63, 3.8) is 0 Å². The highest BCUT2D eigenvalue weighted by atomic mass is 16.6. The van der Waals surface area contributed by atoms with Gasteiger partial charge in [-0.1, -0.05) is 67.6 Å². The van der Waals surface area contributed by atoms with Crippen LogP contribution in [0.5, 0.6) is 0 Å². The monoisotopic (exact) mass is 368 g/mol. The summed E-state index contributed by atoms with van der Waals surface area (Å²) in [5.41, 5.74) is 2.23. The third kappa shape index (κ3) is 6.70. The van der Waals surface area contributed by atoms with Gasteiger partial charge in [-0.25, -0.2) is 0 Å². The quantitative estimate of drug-likeness (QED) is 0.598. The van der Waals surface area contributed by atoms with E-state index >= 15 is 0 Å². The smallest absolute Gasteiger partial charge is 0.317 e. The number of cyclic esters (lactones) is 2. The molecule has 142 valence electrons. The number of ether oxygens (including phenoxy) is 2. The third-order valence-electron chi connectivity index (χ3n) is 4.27. The zero-order valence-electron chi connectivity index (χ0n) is 15.6. The fourth-order valence-corrected chi connectivity index (χ4v) is 2.83. The summed E-state index contributed by atoms with van der Waals surface area (Å²) in [7, 11) is 1.42. The molecule has 1 saturated heterocycles. The molecule has 2 aromatic carbocycles. The number of rotatable bonds is 5. The summed E-state index contributed by atoms with van der Waals surface area (Å²) in [4.78, 5) is 33.1. The van der Waals surface area contributed by atoms with E-state index in [2.05, 4.69) is 9.47 Å². The maximum atomic E-state index is 11.1. The second-order valence-corrected chi connectivity index (χ2v) is 6.50. The van der Waals surface area contributed by atoms with Gasteiger partial charge in [-0.15, -0.1) is 0 Å². The molecule has 1 aliphatic rings. The van der Waals surface area contributed by atoms with E-state index in [0.29, 0.717) is 6.42 Å². The Morgan fingerprint density at radius 2 is 1.59 bits per heavy atom. The van der Waals surface area contributed by atoms with Gasteiger partial charge in [-0.2, -0.15) is 0 Å². The summed E-state index contributed by atoms with van der Waals surface area (Å²) in [5, 5.41) is 0. The molecule has 2 unspecified atom stereocenters. The predicted molar refractivity (Wildman–Crippen MR) is 101 cm³/mol. The van der Waals surface area contributed by atoms with Gasteiger partial charge in [0.25, 0.3) is 0 Å². The zero-order valence-corrected chi connectivity index (χ0v) is 15.6. The summed E-state index contributed by atoms with van der Waals surface area (Å²) >= 11 is 0. The molecule has 0 bridgehead atoms. The average molecular weight is 368 g/mol. The molecule has 5 heteroatoms. The van der Waals surface area contributed by atoms with E-state index in [4.69, 9.17) is 0 Å². The Balaban J connectivity index is 0.000000194. The third-order valence-corrected chi connectivity index (χ3v) is 4.27. The highest BCUT2D eigenvalue weighted by Crippen LogP contribution is 2.20. The van der Waals surface area contributed by atoms with Gasteiger partial charge in [0.2, 0.25) is 0 Å². The molecule has 0 radical (unpaired) electrons. The van der Waals surface area contributed by atoms with Crippen molar-refractivity contribution >= 4 is 17.9 Å². The Morgan fingerprint density at radius 1 is 1.04 bits per heavy atom. The van der Waals surface area contributed by atoms with Gasteiger partial charge < -0.3 is 9.47 Å². The Bertz CT molecular complexity index is 755. The first-order valence-corrected chi connectivity index (χ1v) is 8.89. The molecule has 0 spiro atoms. The van der Waals surface area contributed by atoms with E-state index < -0.39 is 5.97 Å². The molecule has 5 nitrogen and oxygen atoms in total. The largest absolute Gasteiger partial charge is 0.469 e. The number of esters is 3. The molecule has 2 aromatic rings. The van der Waals surface area contributed by atoms with Crippen molar-refractivity contribution in [2.24, 2.45) is 11.8 Å². The molecular weight excluding hydrogens is 344 g/mol. The molecule has 3 rings (SSSR count). The van der Waals surface area contributed by atoms with Gasteiger partial charge in [0.05, 0.1) is 25.4 Å². The second-order valence-electron chi connectivity index (χ2n) is 6.50. The second kappa shape index (κ2) is 10.3. The SMILES string of the molecule is COC(=O)C(C)Cc1ccccc1.O=C1CC(Cc2ccccc2)C(=O)O1. The van der Waals surface area contributed by atoms with E-state index in [0.717, 1.165) is 12.0 Å². The van der Waals surface area contributed by atoms with Crippen LogP contribution in [-0.2, 0) is 36.7 Å². The van der Waals surface area contributed by atoms with Crippen LogP contribution < -0.4 is 0 Å². The van der Waals surface area contributed by atoms with Crippen LogP contribution >= 0.6 is 0 Å². The normalized spacial score (nSPS) is 16.7. The van der Waals surface area contributed by atoms with Crippen LogP contribution in [0, 0.1) is 11.8 Å². The van der Waals surface area contributed by atoms with Gasteiger partial charge >= 0.3 is 17.9 Å². The van der Waals surface area contributed by atoms with Crippen LogP contribution in [0.25, 0.3) is 0 Å². The van der Waals surface area contributed by atoms with E-state index in [1.165, 1.54) is 12.7 Å². The molecule has 0 aliphatic carbocycles. The van der Waals surface area contributed by atoms with Crippen molar-refractivity contribution in [1.82, 2.24) is 0 Å². The number of methoxy groups -OCH3 is 1. The van der Waals surface area contributed by atoms with Crippen LogP contribution in [0.15, 0.2) is 60.7 Å². The number of benzene rings is 2. The maximum absolute atomic E-state index is 11.1. The molecule has 0 N–H and O–H groups in total. The Hall–Kier alpha value is -2.95. The molecule has 0 aromatic heterocycles. The van der Waals surface area contributed by atoms with Crippen LogP contribution in [0.3, 0.4) is 0 Å². The molecular formula is C22H24O5. The van der Waals surface area contributed by atoms with E-state index in [1.807, 2.05) is 67.6 Å². The average Bonchev–Trinajstić information content (AvgIpc) is 3.00. The van der Waals surface area contributed by atoms with Crippen molar-refractivity contribution in [3.05, 3.63) is 71.8 Å². The first-order chi connectivity index (χ1) is 13.0. The molecule has 2 atom stereocenters. The van der Waals surface area contributed by atoms with Crippen molar-refractivity contribution in [3.8, 4) is 0 Å². The summed E-state index contributed by atoms with van der Waals surface area (Å²) in [6.07, 6.45) is 1.55. The minimum Gasteiger partial charge on any atom is -0.469 e. The minimum atomic E-state index is -0.407. The Kier molecular flexibility index (Phi) is 7.74. The fourth-order valence-electron chi connectivity index (χ4n) is 2.83. The molecule has 1 heterocycles. The molecule has 0 amide bonds. The van der Waals surface area contributed by atoms with Gasteiger partial charge in [0.1, 0.15) is 0 Å². The van der Waals surface area contributed by atoms with Gasteiger partial charge in [-0.05, 0) is 24.0 Å². The Labute approximate surface area is 159 Å². The van der Waals surface area contributed by atoms with Gasteiger partial charge in [0, 0.05) is 0 Å². The standard InChI is InChI=1S/C11H10O3.C11H14O2/c12-10-7-9(11(13)14-10)6-8-4-2-1-3-5-8;1-9(11(12)13-2)8-10-6-4-3-5-7-10/h1-5,9H,6-7H2;3-7,9H,8H2,1-2H3. The highest BCUT2D eigenvalue weighted by Gasteiger charge is 2.33. The van der Waals surface area contributed by atoms with Gasteiger partial charge in [-0.3, -0.25) is 14.4 Å². The lowest BCUT2D eigenvalue weighted by molar-refractivity contribution is -0.153. The lowest BCUT2D eigenvalue weighted by Crippen LogP contribution is -2.14. The summed E-state index contributed by atoms with van der Waals surface area (Å²) in [6, 6.07) is 19.6. The molecule has 1 fully saturated rings. The van der Waals surface area contributed by atoms with E-state index in [1.54, 1.807) is 0 Å². The number of carbonyl (C=O) groups is 3. The van der Waals surface area contributed by atoms with Crippen molar-refractivity contribution in [1.29, 1.82) is 0 Å². The first-order valence-electron chi connectivity index (χ1n) is 8.89. The van der Waals surface area contributed by atoms with Crippen LogP contribution in [0.1, 0.15) is 24.5 Å². The van der Waals surface area contributed by atoms with Crippen LogP contribution in [-0.4, -0.2) is 25.0 Å². The van der Waals surface area contributed by atoms with Crippen LogP contribution in [0.4, 0.5) is 0 Å². The predicted octanol–water partition coefficient (Wildman–Crippen LogP) is 3.36. The summed E-state index contributed by atoms with van der Waals surface area (Å²) in [5.74, 6) is -1.30. The van der Waals surface area contributed by atoms with Crippen LogP contribution in [0.2, 0.25) is 0 Å². The van der Waals surface area contributed by atoms with Crippen molar-refractivity contribution < 1.29 is 23.9 Å². The molecule has 0 saturated carbocycles. The highest BCUT2D eigenvalue weighted by molar-refractivity contribution is 5.94. The number of hydrogen-bond donors (Lipinski definition) is 0. The molecule has 27 heavy (non-hydrogen) atoms. The summed E-state index contributed by atoms with van der Waals surface area (Å²) < 4.78 is 9.11. The number of carbonyl (C=O) groups excluding carboxylic acids is 3. The van der Waals surface area contributed by atoms with Crippen molar-refractivity contribution in [2.45, 2.75) is 26.2 Å². The maximum Gasteiger partial charge on any atom is 0.317 e. The zero-order chi connectivity index (χ0) is 19.6.